The first kappa shape index (κ1) is 78.5. The molecule has 0 saturated carbocycles. The normalized spacial score (nSPS) is 16.8. The number of nitrogens with one attached hydrogen (secondary N) is 8. The van der Waals surface area contributed by atoms with Gasteiger partial charge in [0.25, 0.3) is 0 Å². The van der Waals surface area contributed by atoms with Crippen molar-refractivity contribution in [3.63, 3.8) is 0 Å². The molecule has 2 saturated heterocycles. The van der Waals surface area contributed by atoms with Crippen molar-refractivity contribution in [3.05, 3.63) is 71.8 Å². The Hall–Kier alpha value is -8.91. The number of aliphatic imine (C=N–C) groups is 1. The Labute approximate surface area is 558 Å². The van der Waals surface area contributed by atoms with Crippen molar-refractivity contribution in [2.45, 2.75) is 183 Å². The molecule has 10 atom stereocenters. The van der Waals surface area contributed by atoms with Gasteiger partial charge in [0.15, 0.2) is 5.96 Å². The largest absolute Gasteiger partial charge is 0.370 e. The van der Waals surface area contributed by atoms with Crippen LogP contribution in [0.4, 0.5) is 0 Å². The summed E-state index contributed by atoms with van der Waals surface area (Å²) in [5.41, 5.74) is 40.6. The van der Waals surface area contributed by atoms with Gasteiger partial charge in [-0.3, -0.25) is 67.3 Å². The number of likely N-dealkylation sites (tertiary alicyclic amines) is 2. The number of guanidine groups is 1. The van der Waals surface area contributed by atoms with Gasteiger partial charge >= 0.3 is 0 Å². The third-order valence-electron chi connectivity index (χ3n) is 16.0. The maximum absolute atomic E-state index is 14.7. The van der Waals surface area contributed by atoms with Gasteiger partial charge in [0.1, 0.15) is 54.4 Å². The number of nitrogens with zero attached hydrogens (tertiary/aromatic N) is 3. The minimum absolute atomic E-state index is 0.0736. The topological polar surface area (TPSA) is 519 Å². The van der Waals surface area contributed by atoms with Crippen molar-refractivity contribution in [3.8, 4) is 0 Å². The van der Waals surface area contributed by atoms with Gasteiger partial charge in [-0.05, 0) is 119 Å². The second-order valence-electron chi connectivity index (χ2n) is 24.1. The molecule has 31 nitrogen and oxygen atoms in total. The molecule has 0 radical (unpaired) electrons. The van der Waals surface area contributed by atoms with Gasteiger partial charge in [-0.15, -0.1) is 0 Å². The van der Waals surface area contributed by atoms with Crippen LogP contribution in [-0.2, 0) is 75.2 Å². The number of carbonyl (C=O) groups excluding carboxylic acids is 13. The number of nitrogens with two attached hydrogens (primary N) is 7. The quantitative estimate of drug-likeness (QED) is 0.0173. The molecular weight excluding hydrogens is 1250 g/mol. The Kier molecular flexibility index (Phi) is 33.9. The van der Waals surface area contributed by atoms with E-state index in [2.05, 4.69) is 47.5 Å². The average Bonchev–Trinajstić information content (AvgIpc) is 1.74. The van der Waals surface area contributed by atoms with E-state index in [9.17, 15) is 62.3 Å². The number of amides is 13. The van der Waals surface area contributed by atoms with Crippen LogP contribution in [0.5, 0.6) is 0 Å². The van der Waals surface area contributed by atoms with Crippen molar-refractivity contribution in [1.82, 2.24) is 52.3 Å². The third-order valence-corrected chi connectivity index (χ3v) is 16.7. The fraction of sp³-hybridized carbons (Fsp3) is 0.587. The van der Waals surface area contributed by atoms with Crippen molar-refractivity contribution in [2.24, 2.45) is 51.0 Å². The number of hydrogen-bond acceptors (Lipinski definition) is 17. The van der Waals surface area contributed by atoms with Crippen LogP contribution in [0.25, 0.3) is 0 Å². The lowest BCUT2D eigenvalue weighted by molar-refractivity contribution is -0.144. The highest BCUT2D eigenvalue weighted by atomic mass is 32.2. The van der Waals surface area contributed by atoms with Crippen molar-refractivity contribution in [1.29, 1.82) is 0 Å². The number of rotatable bonds is 42. The molecule has 95 heavy (non-hydrogen) atoms. The molecule has 22 N–H and O–H groups in total. The lowest BCUT2D eigenvalue weighted by Gasteiger charge is -2.32. The molecule has 0 spiro atoms. The molecule has 2 heterocycles. The van der Waals surface area contributed by atoms with E-state index in [0.717, 1.165) is 0 Å². The van der Waals surface area contributed by atoms with Crippen LogP contribution in [0.1, 0.15) is 121 Å². The molecule has 2 aromatic rings. The van der Waals surface area contributed by atoms with Crippen LogP contribution in [0.3, 0.4) is 0 Å². The Morgan fingerprint density at radius 1 is 0.537 bits per heavy atom. The molecule has 0 unspecified atom stereocenters. The summed E-state index contributed by atoms with van der Waals surface area (Å²) in [6.45, 7) is 3.86. The number of primary amides is 3. The summed E-state index contributed by atoms with van der Waals surface area (Å²) in [6.07, 6.45) is 3.12. The first-order valence-corrected chi connectivity index (χ1v) is 33.6. The molecule has 32 heteroatoms. The summed E-state index contributed by atoms with van der Waals surface area (Å²) in [7, 11) is 0. The Balaban J connectivity index is 1.56. The zero-order chi connectivity index (χ0) is 70.1. The summed E-state index contributed by atoms with van der Waals surface area (Å²) in [4.78, 5) is 185. The van der Waals surface area contributed by atoms with Crippen LogP contribution in [0.15, 0.2) is 65.7 Å². The fourth-order valence-electron chi connectivity index (χ4n) is 11.0. The zero-order valence-electron chi connectivity index (χ0n) is 54.5. The van der Waals surface area contributed by atoms with Gasteiger partial charge in [0.2, 0.25) is 76.8 Å². The van der Waals surface area contributed by atoms with Gasteiger partial charge in [0.05, 0.1) is 12.6 Å². The van der Waals surface area contributed by atoms with Gasteiger partial charge in [-0.2, -0.15) is 11.8 Å². The van der Waals surface area contributed by atoms with Crippen molar-refractivity contribution >= 4 is 94.5 Å². The second kappa shape index (κ2) is 41.0. The Bertz CT molecular complexity index is 2960. The molecule has 13 amide bonds. The van der Waals surface area contributed by atoms with Crippen LogP contribution in [0, 0.1) is 5.92 Å². The van der Waals surface area contributed by atoms with E-state index in [-0.39, 0.29) is 83.0 Å². The van der Waals surface area contributed by atoms with E-state index < -0.39 is 169 Å². The first-order valence-electron chi connectivity index (χ1n) is 32.2. The van der Waals surface area contributed by atoms with E-state index in [0.29, 0.717) is 55.4 Å². The van der Waals surface area contributed by atoms with Crippen LogP contribution >= 0.6 is 11.8 Å². The highest BCUT2D eigenvalue weighted by Crippen LogP contribution is 2.24. The summed E-state index contributed by atoms with van der Waals surface area (Å²) >= 11 is 1.45. The smallest absolute Gasteiger partial charge is 0.245 e. The summed E-state index contributed by atoms with van der Waals surface area (Å²) in [5, 5.41) is 21.1. The van der Waals surface area contributed by atoms with Crippen LogP contribution < -0.4 is 82.7 Å². The molecule has 2 fully saturated rings. The second-order valence-corrected chi connectivity index (χ2v) is 25.1. The minimum Gasteiger partial charge on any atom is -0.370 e. The van der Waals surface area contributed by atoms with Crippen LogP contribution in [-0.4, -0.2) is 198 Å². The molecule has 4 rings (SSSR count). The molecule has 2 aliphatic rings. The summed E-state index contributed by atoms with van der Waals surface area (Å²) < 4.78 is 0. The minimum atomic E-state index is -1.64. The number of benzene rings is 2. The van der Waals surface area contributed by atoms with E-state index in [1.54, 1.807) is 60.7 Å². The lowest BCUT2D eigenvalue weighted by atomic mass is 10.0. The van der Waals surface area contributed by atoms with E-state index in [4.69, 9.17) is 40.1 Å². The molecule has 0 bridgehead atoms. The number of hydrogen-bond donors (Lipinski definition) is 15. The van der Waals surface area contributed by atoms with Gasteiger partial charge in [0, 0.05) is 45.3 Å². The first-order chi connectivity index (χ1) is 45.2. The number of unbranched alkanes of at least 4 members (excludes halogenated alkanes) is 1. The Morgan fingerprint density at radius 2 is 1.01 bits per heavy atom. The fourth-order valence-corrected chi connectivity index (χ4v) is 11.5. The molecule has 2 aliphatic heterocycles. The number of carbonyl (C=O) groups is 13. The molecule has 2 aromatic carbocycles. The molecule has 0 aromatic heterocycles. The van der Waals surface area contributed by atoms with E-state index in [1.807, 2.05) is 20.1 Å². The highest BCUT2D eigenvalue weighted by molar-refractivity contribution is 7.98. The SMILES string of the molecule is CSCC[C@H](NC(=O)[C@@H](CC(C)C)NC(=O)CNC(=O)[C@H](Cc1ccccc1)NC(=O)[C@H](Cc1ccccc1)NC(=O)[C@@H](CCC(N)=O)NC(=O)[C@@H](CCC(N)=O)NC(=O)[C@@H]1CCCN1C(=O)[C@H](CCCCN)NC(=O)[C@H]1CCCN1C(=O)[C@H](N)CCCN=C(N)N)C(N)=O. The third kappa shape index (κ3) is 27.5. The lowest BCUT2D eigenvalue weighted by Crippen LogP contribution is -2.60. The summed E-state index contributed by atoms with van der Waals surface area (Å²) in [5.74, 6) is -9.80. The maximum atomic E-state index is 14.7. The predicted molar refractivity (Wildman–Crippen MR) is 356 cm³/mol. The summed E-state index contributed by atoms with van der Waals surface area (Å²) in [6, 6.07) is 4.51. The van der Waals surface area contributed by atoms with E-state index >= 15 is 0 Å². The molecular formula is C63H98N18O13S. The zero-order valence-corrected chi connectivity index (χ0v) is 55.3. The maximum Gasteiger partial charge on any atom is 0.245 e. The van der Waals surface area contributed by atoms with Crippen molar-refractivity contribution in [2.75, 3.05) is 44.7 Å². The molecule has 524 valence electrons. The average molecular weight is 1350 g/mol. The van der Waals surface area contributed by atoms with E-state index in [1.165, 1.54) is 21.6 Å². The standard InChI is InChI=1S/C63H98N18O13S/c1-37(2)33-45(57(89)74-41(53(68)85)27-32-95-3)73-52(84)36-72-54(86)46(34-38-15-6-4-7-16-38)78-58(90)47(35-39-17-8-5-9-18-39)79-56(88)42(23-25-50(66)82)75-55(87)43(24-26-51(67)83)76-59(91)49-22-14-31-81(49)62(94)44(20-10-11-28-64)77-60(92)48-21-13-30-80(48)61(93)40(65)19-12-29-71-63(69)70/h4-9,15-18,37,40-49H,10-14,19-36,64-65H2,1-3H3,(H2,66,82)(H2,67,83)(H2,68,85)(H,72,86)(H,73,84)(H,74,89)(H,75,87)(H,76,91)(H,77,92)(H,78,90)(H,79,88)(H4,69,70,71)/t40-,41+,42-,43-,44+,45-,46+,47+,48-,49+/m1/s1. The number of thioether (sulfide) groups is 1. The van der Waals surface area contributed by atoms with Gasteiger partial charge < -0.3 is 92.5 Å². The molecule has 0 aliphatic carbocycles. The predicted octanol–water partition coefficient (Wildman–Crippen LogP) is -3.71. The van der Waals surface area contributed by atoms with Gasteiger partial charge in [-0.25, -0.2) is 0 Å². The monoisotopic (exact) mass is 1350 g/mol. The van der Waals surface area contributed by atoms with Crippen molar-refractivity contribution < 1.29 is 62.3 Å². The Morgan fingerprint density at radius 3 is 1.51 bits per heavy atom. The van der Waals surface area contributed by atoms with Gasteiger partial charge in [-0.1, -0.05) is 74.5 Å². The van der Waals surface area contributed by atoms with Crippen LogP contribution in [0.2, 0.25) is 0 Å². The highest BCUT2D eigenvalue weighted by Gasteiger charge is 2.42.